The molecule has 0 heterocycles. The molecule has 0 amide bonds. The van der Waals surface area contributed by atoms with Gasteiger partial charge in [0.2, 0.25) is 0 Å². The average Bonchev–Trinajstić information content (AvgIpc) is 2.30. The van der Waals surface area contributed by atoms with Crippen LogP contribution in [0.25, 0.3) is 0 Å². The van der Waals surface area contributed by atoms with Crippen LogP contribution in [0, 0.1) is 0 Å². The predicted octanol–water partition coefficient (Wildman–Crippen LogP) is 1.55. The highest BCUT2D eigenvalue weighted by Gasteiger charge is 2.39. The molecule has 0 aliphatic heterocycles. The average molecular weight is 279 g/mol. The highest BCUT2D eigenvalue weighted by Crippen LogP contribution is 2.43. The predicted molar refractivity (Wildman–Crippen MR) is 59.1 cm³/mol. The molecule has 0 aliphatic rings. The lowest BCUT2D eigenvalue weighted by Gasteiger charge is -2.20. The van der Waals surface area contributed by atoms with Crippen molar-refractivity contribution in [2.45, 2.75) is 12.1 Å². The Morgan fingerprint density at radius 2 is 2.05 bits per heavy atom. The number of carboxylic acid groups (broad SMARTS) is 1. The molecule has 19 heavy (non-hydrogen) atoms. The smallest absolute Gasteiger partial charge is 0.416 e. The fourth-order valence-corrected chi connectivity index (χ4v) is 1.69. The molecular formula is C11H12F3NO4. The second kappa shape index (κ2) is 5.35. The van der Waals surface area contributed by atoms with E-state index in [-0.39, 0.29) is 5.75 Å². The van der Waals surface area contributed by atoms with E-state index in [4.69, 9.17) is 10.8 Å². The highest BCUT2D eigenvalue weighted by molar-refractivity contribution is 5.79. The van der Waals surface area contributed by atoms with Gasteiger partial charge in [-0.05, 0) is 12.1 Å². The molecule has 4 N–H and O–H groups in total. The quantitative estimate of drug-likeness (QED) is 0.777. The summed E-state index contributed by atoms with van der Waals surface area (Å²) in [5.41, 5.74) is 3.14. The van der Waals surface area contributed by atoms with Crippen LogP contribution in [0.3, 0.4) is 0 Å². The number of nitrogens with two attached hydrogens (primary N) is 1. The van der Waals surface area contributed by atoms with Crippen LogP contribution in [-0.4, -0.2) is 29.8 Å². The number of benzene rings is 1. The Bertz CT molecular complexity index is 488. The molecule has 106 valence electrons. The normalized spacial score (nSPS) is 13.1. The van der Waals surface area contributed by atoms with Crippen LogP contribution >= 0.6 is 0 Å². The Balaban J connectivity index is 3.59. The van der Waals surface area contributed by atoms with E-state index in [2.05, 4.69) is 4.74 Å². The number of alkyl halides is 3. The number of methoxy groups -OCH3 is 1. The van der Waals surface area contributed by atoms with Crippen molar-refractivity contribution >= 4 is 5.97 Å². The van der Waals surface area contributed by atoms with Crippen LogP contribution in [0.2, 0.25) is 0 Å². The number of phenols is 1. The molecule has 1 atom stereocenters. The first kappa shape index (κ1) is 15.1. The number of carboxylic acids is 1. The zero-order valence-electron chi connectivity index (χ0n) is 9.86. The van der Waals surface area contributed by atoms with Crippen molar-refractivity contribution in [1.82, 2.24) is 0 Å². The zero-order chi connectivity index (χ0) is 14.8. The van der Waals surface area contributed by atoms with Crippen molar-refractivity contribution in [3.05, 3.63) is 23.3 Å². The van der Waals surface area contributed by atoms with Crippen LogP contribution in [-0.2, 0) is 11.0 Å². The van der Waals surface area contributed by atoms with Gasteiger partial charge in [0, 0.05) is 12.1 Å². The van der Waals surface area contributed by atoms with Gasteiger partial charge in [0.25, 0.3) is 0 Å². The third-order valence-electron chi connectivity index (χ3n) is 2.59. The highest BCUT2D eigenvalue weighted by atomic mass is 19.4. The number of aromatic hydroxyl groups is 1. The second-order valence-electron chi connectivity index (χ2n) is 3.70. The van der Waals surface area contributed by atoms with Crippen molar-refractivity contribution in [3.63, 3.8) is 0 Å². The van der Waals surface area contributed by atoms with Gasteiger partial charge >= 0.3 is 12.1 Å². The van der Waals surface area contributed by atoms with Crippen LogP contribution in [0.15, 0.2) is 12.1 Å². The Morgan fingerprint density at radius 3 is 2.42 bits per heavy atom. The van der Waals surface area contributed by atoms with Crippen molar-refractivity contribution in [3.8, 4) is 11.5 Å². The molecule has 0 aliphatic carbocycles. The van der Waals surface area contributed by atoms with E-state index in [0.717, 1.165) is 13.2 Å². The summed E-state index contributed by atoms with van der Waals surface area (Å²) >= 11 is 0. The van der Waals surface area contributed by atoms with Gasteiger partial charge in [0.05, 0.1) is 18.6 Å². The summed E-state index contributed by atoms with van der Waals surface area (Å²) in [5.74, 6) is -4.35. The lowest BCUT2D eigenvalue weighted by molar-refractivity contribution is -0.141. The van der Waals surface area contributed by atoms with E-state index in [1.54, 1.807) is 0 Å². The topological polar surface area (TPSA) is 92.8 Å². The summed E-state index contributed by atoms with van der Waals surface area (Å²) in [6.45, 7) is -0.584. The third-order valence-corrected chi connectivity index (χ3v) is 2.59. The number of halogens is 3. The molecule has 0 aromatic heterocycles. The fourth-order valence-electron chi connectivity index (χ4n) is 1.69. The largest absolute Gasteiger partial charge is 0.504 e. The maximum atomic E-state index is 12.8. The molecule has 1 aromatic carbocycles. The van der Waals surface area contributed by atoms with Gasteiger partial charge in [0.15, 0.2) is 11.5 Å². The zero-order valence-corrected chi connectivity index (χ0v) is 9.86. The Morgan fingerprint density at radius 1 is 1.47 bits per heavy atom. The number of phenolic OH excluding ortho intramolecular Hbond substituents is 1. The summed E-state index contributed by atoms with van der Waals surface area (Å²) < 4.78 is 43.2. The van der Waals surface area contributed by atoms with E-state index >= 15 is 0 Å². The summed E-state index contributed by atoms with van der Waals surface area (Å²) in [4.78, 5) is 11.0. The minimum Gasteiger partial charge on any atom is -0.504 e. The van der Waals surface area contributed by atoms with Gasteiger partial charge in [-0.3, -0.25) is 4.79 Å². The van der Waals surface area contributed by atoms with Crippen LogP contribution in [0.5, 0.6) is 11.5 Å². The van der Waals surface area contributed by atoms with Gasteiger partial charge < -0.3 is 20.7 Å². The summed E-state index contributed by atoms with van der Waals surface area (Å²) in [5, 5.41) is 18.6. The molecule has 0 saturated heterocycles. The van der Waals surface area contributed by atoms with Crippen molar-refractivity contribution < 1.29 is 32.9 Å². The van der Waals surface area contributed by atoms with Gasteiger partial charge in [0.1, 0.15) is 0 Å². The first-order valence-corrected chi connectivity index (χ1v) is 5.14. The molecular weight excluding hydrogens is 267 g/mol. The summed E-state index contributed by atoms with van der Waals surface area (Å²) in [6.07, 6.45) is -4.80. The van der Waals surface area contributed by atoms with E-state index in [9.17, 15) is 23.1 Å². The molecule has 8 heteroatoms. The first-order valence-electron chi connectivity index (χ1n) is 5.14. The van der Waals surface area contributed by atoms with Crippen LogP contribution in [0.1, 0.15) is 17.0 Å². The molecule has 0 fully saturated rings. The Labute approximate surface area is 106 Å². The maximum Gasteiger partial charge on any atom is 0.416 e. The minimum atomic E-state index is -4.80. The van der Waals surface area contributed by atoms with Crippen molar-refractivity contribution in [2.24, 2.45) is 5.73 Å². The van der Waals surface area contributed by atoms with Gasteiger partial charge in [-0.2, -0.15) is 13.2 Å². The number of carbonyl (C=O) groups is 1. The Hall–Kier alpha value is -1.96. The lowest BCUT2D eigenvalue weighted by atomic mass is 9.92. The molecule has 0 radical (unpaired) electrons. The van der Waals surface area contributed by atoms with Crippen LogP contribution in [0.4, 0.5) is 13.2 Å². The molecule has 1 rings (SSSR count). The van der Waals surface area contributed by atoms with Gasteiger partial charge in [-0.25, -0.2) is 0 Å². The molecule has 0 bridgehead atoms. The number of hydrogen-bond acceptors (Lipinski definition) is 4. The standard InChI is InChI=1S/C11H12F3NO4/c1-19-7-3-2-6(11(12,13)14)8(9(7)16)5(4-15)10(17)18/h2-3,5,16H,4,15H2,1H3,(H,17,18). The minimum absolute atomic E-state index is 0.248. The SMILES string of the molecule is COc1ccc(C(F)(F)F)c(C(CN)C(=O)O)c1O. The number of hydrogen-bond donors (Lipinski definition) is 3. The van der Waals surface area contributed by atoms with Crippen molar-refractivity contribution in [2.75, 3.05) is 13.7 Å². The van der Waals surface area contributed by atoms with Gasteiger partial charge in [-0.1, -0.05) is 0 Å². The van der Waals surface area contributed by atoms with Crippen LogP contribution < -0.4 is 10.5 Å². The maximum absolute atomic E-state index is 12.8. The number of rotatable bonds is 4. The van der Waals surface area contributed by atoms with E-state index in [1.807, 2.05) is 0 Å². The fraction of sp³-hybridized carbons (Fsp3) is 0.364. The summed E-state index contributed by atoms with van der Waals surface area (Å²) in [7, 11) is 1.14. The van der Waals surface area contributed by atoms with Crippen molar-refractivity contribution in [1.29, 1.82) is 0 Å². The third kappa shape index (κ3) is 2.90. The Kier molecular flexibility index (Phi) is 4.25. The molecule has 5 nitrogen and oxygen atoms in total. The number of ether oxygens (including phenoxy) is 1. The van der Waals surface area contributed by atoms with E-state index in [1.165, 1.54) is 0 Å². The first-order chi connectivity index (χ1) is 8.73. The molecule has 1 unspecified atom stereocenters. The monoisotopic (exact) mass is 279 g/mol. The number of aliphatic carboxylic acids is 1. The van der Waals surface area contributed by atoms with E-state index in [0.29, 0.717) is 6.07 Å². The lowest BCUT2D eigenvalue weighted by Crippen LogP contribution is -2.24. The molecule has 0 saturated carbocycles. The summed E-state index contributed by atoms with van der Waals surface area (Å²) in [6, 6.07) is 1.57. The molecule has 1 aromatic rings. The second-order valence-corrected chi connectivity index (χ2v) is 3.70. The van der Waals surface area contributed by atoms with Gasteiger partial charge in [-0.15, -0.1) is 0 Å². The molecule has 0 spiro atoms. The van der Waals surface area contributed by atoms with E-state index < -0.39 is 41.5 Å².